The van der Waals surface area contributed by atoms with E-state index in [0.29, 0.717) is 5.69 Å². The van der Waals surface area contributed by atoms with Crippen LogP contribution < -0.4 is 10.0 Å². The average molecular weight is 348 g/mol. The molecule has 3 rings (SSSR count). The number of amides is 1. The van der Waals surface area contributed by atoms with Crippen LogP contribution in [0.4, 0.5) is 10.1 Å². The number of halogens is 1. The van der Waals surface area contributed by atoms with Crippen LogP contribution >= 0.6 is 0 Å². The molecule has 24 heavy (non-hydrogen) atoms. The monoisotopic (exact) mass is 348 g/mol. The number of anilines is 1. The SMILES string of the molecule is O=C(Nc1ccc(CNS(=O)(=O)c2cccc(F)c2)cc1)C1CC1. The molecule has 5 nitrogen and oxygen atoms in total. The summed E-state index contributed by atoms with van der Waals surface area (Å²) in [6, 6.07) is 11.8. The number of benzene rings is 2. The fourth-order valence-electron chi connectivity index (χ4n) is 2.19. The van der Waals surface area contributed by atoms with Crippen LogP contribution in [-0.4, -0.2) is 14.3 Å². The van der Waals surface area contributed by atoms with Gasteiger partial charge >= 0.3 is 0 Å². The zero-order valence-corrected chi connectivity index (χ0v) is 13.6. The van der Waals surface area contributed by atoms with Gasteiger partial charge in [-0.2, -0.15) is 0 Å². The summed E-state index contributed by atoms with van der Waals surface area (Å²) in [5, 5.41) is 2.82. The highest BCUT2D eigenvalue weighted by atomic mass is 32.2. The molecule has 2 aromatic carbocycles. The normalized spacial score (nSPS) is 14.4. The molecule has 0 heterocycles. The fourth-order valence-corrected chi connectivity index (χ4v) is 3.24. The molecule has 0 spiro atoms. The van der Waals surface area contributed by atoms with Crippen molar-refractivity contribution in [3.05, 3.63) is 59.9 Å². The summed E-state index contributed by atoms with van der Waals surface area (Å²) in [7, 11) is -3.77. The lowest BCUT2D eigenvalue weighted by atomic mass is 10.2. The molecule has 1 fully saturated rings. The number of sulfonamides is 1. The minimum Gasteiger partial charge on any atom is -0.326 e. The number of hydrogen-bond acceptors (Lipinski definition) is 3. The number of carbonyl (C=O) groups excluding carboxylic acids is 1. The van der Waals surface area contributed by atoms with Gasteiger partial charge in [-0.25, -0.2) is 17.5 Å². The molecule has 0 saturated heterocycles. The van der Waals surface area contributed by atoms with Crippen molar-refractivity contribution in [2.24, 2.45) is 5.92 Å². The predicted octanol–water partition coefficient (Wildman–Crippen LogP) is 2.65. The Kier molecular flexibility index (Phi) is 4.64. The van der Waals surface area contributed by atoms with Crippen molar-refractivity contribution >= 4 is 21.6 Å². The van der Waals surface area contributed by atoms with Gasteiger partial charge in [0.2, 0.25) is 15.9 Å². The molecule has 0 aromatic heterocycles. The zero-order valence-electron chi connectivity index (χ0n) is 12.8. The summed E-state index contributed by atoms with van der Waals surface area (Å²) >= 11 is 0. The van der Waals surface area contributed by atoms with E-state index < -0.39 is 15.8 Å². The van der Waals surface area contributed by atoms with Gasteiger partial charge < -0.3 is 5.32 Å². The second kappa shape index (κ2) is 6.70. The van der Waals surface area contributed by atoms with Gasteiger partial charge in [-0.15, -0.1) is 0 Å². The maximum absolute atomic E-state index is 13.1. The summed E-state index contributed by atoms with van der Waals surface area (Å²) < 4.78 is 39.8. The quantitative estimate of drug-likeness (QED) is 0.843. The van der Waals surface area contributed by atoms with Gasteiger partial charge in [0.15, 0.2) is 0 Å². The Balaban J connectivity index is 1.60. The van der Waals surface area contributed by atoms with Crippen LogP contribution in [0.25, 0.3) is 0 Å². The van der Waals surface area contributed by atoms with Crippen LogP contribution in [0.5, 0.6) is 0 Å². The predicted molar refractivity (Wildman–Crippen MR) is 88.2 cm³/mol. The third-order valence-corrected chi connectivity index (χ3v) is 5.14. The highest BCUT2D eigenvalue weighted by Crippen LogP contribution is 2.30. The van der Waals surface area contributed by atoms with Gasteiger partial charge in [0.1, 0.15) is 5.82 Å². The van der Waals surface area contributed by atoms with E-state index in [9.17, 15) is 17.6 Å². The lowest BCUT2D eigenvalue weighted by molar-refractivity contribution is -0.117. The molecular weight excluding hydrogens is 331 g/mol. The summed E-state index contributed by atoms with van der Waals surface area (Å²) in [4.78, 5) is 11.6. The van der Waals surface area contributed by atoms with E-state index in [4.69, 9.17) is 0 Å². The molecule has 2 N–H and O–H groups in total. The Hall–Kier alpha value is -2.25. The van der Waals surface area contributed by atoms with Crippen LogP contribution in [0.1, 0.15) is 18.4 Å². The molecule has 0 unspecified atom stereocenters. The summed E-state index contributed by atoms with van der Waals surface area (Å²) in [5.41, 5.74) is 1.42. The molecule has 0 radical (unpaired) electrons. The van der Waals surface area contributed by atoms with Gasteiger partial charge in [-0.3, -0.25) is 4.79 Å². The van der Waals surface area contributed by atoms with Gasteiger partial charge in [0.05, 0.1) is 4.90 Å². The molecule has 0 aliphatic heterocycles. The van der Waals surface area contributed by atoms with E-state index in [1.54, 1.807) is 24.3 Å². The average Bonchev–Trinajstić information content (AvgIpc) is 3.39. The van der Waals surface area contributed by atoms with E-state index >= 15 is 0 Å². The molecule has 0 bridgehead atoms. The van der Waals surface area contributed by atoms with Crippen molar-refractivity contribution in [1.29, 1.82) is 0 Å². The first kappa shape index (κ1) is 16.6. The third kappa shape index (κ3) is 4.18. The third-order valence-electron chi connectivity index (χ3n) is 3.74. The van der Waals surface area contributed by atoms with Crippen LogP contribution in [0.3, 0.4) is 0 Å². The minimum atomic E-state index is -3.77. The molecular formula is C17H17FN2O3S. The van der Waals surface area contributed by atoms with E-state index in [0.717, 1.165) is 24.5 Å². The van der Waals surface area contributed by atoms with Gasteiger partial charge in [-0.1, -0.05) is 18.2 Å². The molecule has 1 saturated carbocycles. The molecule has 126 valence electrons. The van der Waals surface area contributed by atoms with E-state index in [2.05, 4.69) is 10.0 Å². The van der Waals surface area contributed by atoms with Gasteiger partial charge in [-0.05, 0) is 48.7 Å². The maximum atomic E-state index is 13.1. The van der Waals surface area contributed by atoms with Gasteiger partial charge in [0, 0.05) is 18.2 Å². The van der Waals surface area contributed by atoms with Crippen molar-refractivity contribution in [1.82, 2.24) is 4.72 Å². The Bertz CT molecular complexity index is 846. The van der Waals surface area contributed by atoms with Crippen molar-refractivity contribution in [3.8, 4) is 0 Å². The Morgan fingerprint density at radius 2 is 1.83 bits per heavy atom. The first-order valence-corrected chi connectivity index (χ1v) is 9.07. The molecule has 1 aliphatic carbocycles. The second-order valence-electron chi connectivity index (χ2n) is 5.74. The Labute approximate surface area is 139 Å². The van der Waals surface area contributed by atoms with Crippen molar-refractivity contribution in [3.63, 3.8) is 0 Å². The summed E-state index contributed by atoms with van der Waals surface area (Å²) in [6.45, 7) is 0.0791. The molecule has 1 amide bonds. The standard InChI is InChI=1S/C17H17FN2O3S/c18-14-2-1-3-16(10-14)24(22,23)19-11-12-4-8-15(9-5-12)20-17(21)13-6-7-13/h1-5,8-10,13,19H,6-7,11H2,(H,20,21). The highest BCUT2D eigenvalue weighted by molar-refractivity contribution is 7.89. The van der Waals surface area contributed by atoms with Crippen LogP contribution in [-0.2, 0) is 21.4 Å². The number of hydrogen-bond donors (Lipinski definition) is 2. The van der Waals surface area contributed by atoms with Crippen LogP contribution in [0, 0.1) is 11.7 Å². The first-order chi connectivity index (χ1) is 11.4. The van der Waals surface area contributed by atoms with Gasteiger partial charge in [0.25, 0.3) is 0 Å². The second-order valence-corrected chi connectivity index (χ2v) is 7.51. The largest absolute Gasteiger partial charge is 0.326 e. The molecule has 0 atom stereocenters. The van der Waals surface area contributed by atoms with Crippen LogP contribution in [0.15, 0.2) is 53.4 Å². The molecule has 2 aromatic rings. The first-order valence-electron chi connectivity index (χ1n) is 7.59. The lowest BCUT2D eigenvalue weighted by Gasteiger charge is -2.08. The topological polar surface area (TPSA) is 75.3 Å². The maximum Gasteiger partial charge on any atom is 0.240 e. The van der Waals surface area contributed by atoms with Crippen LogP contribution in [0.2, 0.25) is 0 Å². The number of carbonyl (C=O) groups is 1. The number of rotatable bonds is 6. The summed E-state index contributed by atoms with van der Waals surface area (Å²) in [6.07, 6.45) is 1.87. The minimum absolute atomic E-state index is 0.0227. The van der Waals surface area contributed by atoms with E-state index in [1.807, 2.05) is 0 Å². The lowest BCUT2D eigenvalue weighted by Crippen LogP contribution is -2.23. The smallest absolute Gasteiger partial charge is 0.240 e. The Morgan fingerprint density at radius 3 is 2.46 bits per heavy atom. The highest BCUT2D eigenvalue weighted by Gasteiger charge is 2.29. The van der Waals surface area contributed by atoms with E-state index in [-0.39, 0.29) is 23.3 Å². The number of nitrogens with one attached hydrogen (secondary N) is 2. The Morgan fingerprint density at radius 1 is 1.12 bits per heavy atom. The zero-order chi connectivity index (χ0) is 17.2. The van der Waals surface area contributed by atoms with Crippen molar-refractivity contribution < 1.29 is 17.6 Å². The van der Waals surface area contributed by atoms with E-state index in [1.165, 1.54) is 18.2 Å². The molecule has 7 heteroatoms. The molecule has 1 aliphatic rings. The fraction of sp³-hybridized carbons (Fsp3) is 0.235. The van der Waals surface area contributed by atoms with Crippen molar-refractivity contribution in [2.75, 3.05) is 5.32 Å². The van der Waals surface area contributed by atoms with Crippen molar-refractivity contribution in [2.45, 2.75) is 24.3 Å². The summed E-state index contributed by atoms with van der Waals surface area (Å²) in [5.74, 6) is -0.453.